The van der Waals surface area contributed by atoms with Gasteiger partial charge in [0.05, 0.1) is 18.7 Å². The molecule has 0 bridgehead atoms. The van der Waals surface area contributed by atoms with Crippen LogP contribution in [0.3, 0.4) is 0 Å². The maximum absolute atomic E-state index is 11.6. The number of hydrogen-bond donors (Lipinski definition) is 3. The number of amides is 2. The van der Waals surface area contributed by atoms with E-state index in [2.05, 4.69) is 10.6 Å². The fourth-order valence-electron chi connectivity index (χ4n) is 1.35. The third-order valence-corrected chi connectivity index (χ3v) is 2.33. The van der Waals surface area contributed by atoms with Crippen molar-refractivity contribution in [2.24, 2.45) is 5.73 Å². The molecule has 0 spiro atoms. The highest BCUT2D eigenvalue weighted by atomic mass is 35.5. The van der Waals surface area contributed by atoms with E-state index in [-0.39, 0.29) is 30.8 Å². The van der Waals surface area contributed by atoms with Crippen molar-refractivity contribution in [1.29, 1.82) is 0 Å². The Morgan fingerprint density at radius 1 is 1.33 bits per heavy atom. The fourth-order valence-corrected chi connectivity index (χ4v) is 1.35. The van der Waals surface area contributed by atoms with Crippen LogP contribution in [0.4, 0.5) is 0 Å². The first-order chi connectivity index (χ1) is 7.94. The Morgan fingerprint density at radius 2 is 1.94 bits per heavy atom. The molecule has 0 saturated heterocycles. The molecule has 4 N–H and O–H groups in total. The van der Waals surface area contributed by atoms with Gasteiger partial charge in [-0.1, -0.05) is 13.3 Å². The topological polar surface area (TPSA) is 93.5 Å². The standard InChI is InChI=1S/C11H23N3O3.ClH/c1-4-5-11(2,12)10(16)14-8-9(15)13-6-7-17-3;/h4-8,12H2,1-3H3,(H,13,15)(H,14,16);1H. The minimum absolute atomic E-state index is 0. The maximum atomic E-state index is 11.6. The van der Waals surface area contributed by atoms with Crippen LogP contribution in [-0.2, 0) is 14.3 Å². The van der Waals surface area contributed by atoms with Gasteiger partial charge in [0.2, 0.25) is 11.8 Å². The fraction of sp³-hybridized carbons (Fsp3) is 0.818. The van der Waals surface area contributed by atoms with E-state index in [0.717, 1.165) is 6.42 Å². The second-order valence-electron chi connectivity index (χ2n) is 4.19. The van der Waals surface area contributed by atoms with Crippen molar-refractivity contribution in [3.8, 4) is 0 Å². The lowest BCUT2D eigenvalue weighted by Gasteiger charge is -2.22. The predicted molar refractivity (Wildman–Crippen MR) is 72.6 cm³/mol. The lowest BCUT2D eigenvalue weighted by molar-refractivity contribution is -0.129. The third-order valence-electron chi connectivity index (χ3n) is 2.33. The van der Waals surface area contributed by atoms with Crippen molar-refractivity contribution < 1.29 is 14.3 Å². The van der Waals surface area contributed by atoms with Crippen LogP contribution in [0.1, 0.15) is 26.7 Å². The first kappa shape index (κ1) is 19.5. The predicted octanol–water partition coefficient (Wildman–Crippen LogP) is -0.195. The summed E-state index contributed by atoms with van der Waals surface area (Å²) in [5, 5.41) is 5.12. The van der Waals surface area contributed by atoms with Crippen molar-refractivity contribution in [1.82, 2.24) is 10.6 Å². The molecule has 0 aliphatic carbocycles. The minimum atomic E-state index is -0.915. The van der Waals surface area contributed by atoms with E-state index in [0.29, 0.717) is 19.6 Å². The number of rotatable bonds is 8. The SMILES string of the molecule is CCCC(C)(N)C(=O)NCC(=O)NCCOC.Cl. The van der Waals surface area contributed by atoms with Gasteiger partial charge in [-0.3, -0.25) is 9.59 Å². The summed E-state index contributed by atoms with van der Waals surface area (Å²) >= 11 is 0. The molecule has 108 valence electrons. The van der Waals surface area contributed by atoms with E-state index < -0.39 is 5.54 Å². The van der Waals surface area contributed by atoms with Crippen LogP contribution in [0.5, 0.6) is 0 Å². The number of halogens is 1. The number of nitrogens with one attached hydrogen (secondary N) is 2. The average Bonchev–Trinajstić information content (AvgIpc) is 2.26. The van der Waals surface area contributed by atoms with Gasteiger partial charge >= 0.3 is 0 Å². The monoisotopic (exact) mass is 281 g/mol. The summed E-state index contributed by atoms with van der Waals surface area (Å²) in [7, 11) is 1.55. The van der Waals surface area contributed by atoms with E-state index in [1.165, 1.54) is 0 Å². The van der Waals surface area contributed by atoms with Crippen molar-refractivity contribution in [3.63, 3.8) is 0 Å². The van der Waals surface area contributed by atoms with Crippen LogP contribution < -0.4 is 16.4 Å². The molecular formula is C11H24ClN3O3. The van der Waals surface area contributed by atoms with Crippen LogP contribution in [0.2, 0.25) is 0 Å². The van der Waals surface area contributed by atoms with E-state index in [1.807, 2.05) is 6.92 Å². The highest BCUT2D eigenvalue weighted by Gasteiger charge is 2.27. The van der Waals surface area contributed by atoms with Gasteiger partial charge in [0.15, 0.2) is 0 Å². The Kier molecular flexibility index (Phi) is 10.9. The number of methoxy groups -OCH3 is 1. The Morgan fingerprint density at radius 3 is 2.44 bits per heavy atom. The number of carbonyl (C=O) groups excluding carboxylic acids is 2. The molecule has 0 radical (unpaired) electrons. The summed E-state index contributed by atoms with van der Waals surface area (Å²) in [6.45, 7) is 4.44. The highest BCUT2D eigenvalue weighted by Crippen LogP contribution is 2.07. The Balaban J connectivity index is 0. The Hall–Kier alpha value is -0.850. The summed E-state index contributed by atoms with van der Waals surface area (Å²) in [5.41, 5.74) is 4.90. The summed E-state index contributed by atoms with van der Waals surface area (Å²) in [4.78, 5) is 22.9. The van der Waals surface area contributed by atoms with Crippen molar-refractivity contribution in [3.05, 3.63) is 0 Å². The molecule has 6 nitrogen and oxygen atoms in total. The van der Waals surface area contributed by atoms with Gasteiger partial charge in [0.1, 0.15) is 0 Å². The van der Waals surface area contributed by atoms with E-state index in [1.54, 1.807) is 14.0 Å². The molecule has 0 aromatic rings. The third kappa shape index (κ3) is 8.27. The molecule has 0 aliphatic rings. The van der Waals surface area contributed by atoms with Gasteiger partial charge in [0, 0.05) is 13.7 Å². The first-order valence-corrected chi connectivity index (χ1v) is 5.77. The largest absolute Gasteiger partial charge is 0.383 e. The van der Waals surface area contributed by atoms with Crippen LogP contribution in [-0.4, -0.2) is 44.2 Å². The highest BCUT2D eigenvalue weighted by molar-refractivity contribution is 5.89. The molecular weight excluding hydrogens is 258 g/mol. The van der Waals surface area contributed by atoms with Crippen molar-refractivity contribution >= 4 is 24.2 Å². The smallest absolute Gasteiger partial charge is 0.240 e. The molecule has 2 amide bonds. The molecule has 18 heavy (non-hydrogen) atoms. The number of nitrogens with two attached hydrogens (primary N) is 1. The molecule has 0 heterocycles. The molecule has 1 unspecified atom stereocenters. The quantitative estimate of drug-likeness (QED) is 0.537. The zero-order valence-corrected chi connectivity index (χ0v) is 12.1. The van der Waals surface area contributed by atoms with Crippen LogP contribution in [0, 0.1) is 0 Å². The van der Waals surface area contributed by atoms with Gasteiger partial charge in [-0.05, 0) is 13.3 Å². The summed E-state index contributed by atoms with van der Waals surface area (Å²) in [6, 6.07) is 0. The van der Waals surface area contributed by atoms with Gasteiger partial charge < -0.3 is 21.1 Å². The second kappa shape index (κ2) is 10.1. The van der Waals surface area contributed by atoms with Gasteiger partial charge in [0.25, 0.3) is 0 Å². The molecule has 7 heteroatoms. The van der Waals surface area contributed by atoms with Gasteiger partial charge in [-0.25, -0.2) is 0 Å². The lowest BCUT2D eigenvalue weighted by Crippen LogP contribution is -2.53. The van der Waals surface area contributed by atoms with E-state index in [4.69, 9.17) is 10.5 Å². The summed E-state index contributed by atoms with van der Waals surface area (Å²) in [6.07, 6.45) is 1.41. The first-order valence-electron chi connectivity index (χ1n) is 5.77. The van der Waals surface area contributed by atoms with Crippen molar-refractivity contribution in [2.75, 3.05) is 26.8 Å². The second-order valence-corrected chi connectivity index (χ2v) is 4.19. The lowest BCUT2D eigenvalue weighted by atomic mass is 9.97. The number of hydrogen-bond acceptors (Lipinski definition) is 4. The normalized spacial score (nSPS) is 13.1. The van der Waals surface area contributed by atoms with E-state index >= 15 is 0 Å². The molecule has 0 saturated carbocycles. The zero-order chi connectivity index (χ0) is 13.3. The molecule has 0 aromatic carbocycles. The molecule has 0 rings (SSSR count). The van der Waals surface area contributed by atoms with E-state index in [9.17, 15) is 9.59 Å². The molecule has 0 fully saturated rings. The number of ether oxygens (including phenoxy) is 1. The van der Waals surface area contributed by atoms with Gasteiger partial charge in [-0.2, -0.15) is 0 Å². The molecule has 0 aliphatic heterocycles. The minimum Gasteiger partial charge on any atom is -0.383 e. The van der Waals surface area contributed by atoms with Crippen LogP contribution in [0.15, 0.2) is 0 Å². The Labute approximate surface area is 114 Å². The Bertz CT molecular complexity index is 260. The zero-order valence-electron chi connectivity index (χ0n) is 11.2. The molecule has 0 aromatic heterocycles. The summed E-state index contributed by atoms with van der Waals surface area (Å²) < 4.78 is 4.78. The maximum Gasteiger partial charge on any atom is 0.240 e. The summed E-state index contributed by atoms with van der Waals surface area (Å²) in [5.74, 6) is -0.552. The van der Waals surface area contributed by atoms with Crippen LogP contribution in [0.25, 0.3) is 0 Å². The molecule has 1 atom stereocenters. The van der Waals surface area contributed by atoms with Crippen molar-refractivity contribution in [2.45, 2.75) is 32.2 Å². The average molecular weight is 282 g/mol. The van der Waals surface area contributed by atoms with Crippen LogP contribution >= 0.6 is 12.4 Å². The number of carbonyl (C=O) groups is 2. The van der Waals surface area contributed by atoms with Gasteiger partial charge in [-0.15, -0.1) is 12.4 Å².